The first kappa shape index (κ1) is 12.4. The molecule has 0 spiro atoms. The maximum Gasteiger partial charge on any atom is 0.0707 e. The van der Waals surface area contributed by atoms with Gasteiger partial charge in [-0.15, -0.1) is 0 Å². The highest BCUT2D eigenvalue weighted by molar-refractivity contribution is 4.89. The predicted molar refractivity (Wildman–Crippen MR) is 67.6 cm³/mol. The topological polar surface area (TPSA) is 21.3 Å². The Bertz CT molecular complexity index is 227. The largest absolute Gasteiger partial charge is 0.371 e. The van der Waals surface area contributed by atoms with Crippen LogP contribution in [0, 0.1) is 5.41 Å². The first-order valence-corrected chi connectivity index (χ1v) is 6.94. The average Bonchev–Trinajstić information content (AvgIpc) is 2.51. The number of hydrogen-bond donors (Lipinski definition) is 1. The zero-order valence-electron chi connectivity index (χ0n) is 11.1. The SMILES string of the molecule is CCC1(CNCC2CCC(C)(C)O2)CCC1. The van der Waals surface area contributed by atoms with Crippen molar-refractivity contribution in [3.05, 3.63) is 0 Å². The van der Waals surface area contributed by atoms with Gasteiger partial charge in [0.1, 0.15) is 0 Å². The summed E-state index contributed by atoms with van der Waals surface area (Å²) >= 11 is 0. The van der Waals surface area contributed by atoms with Crippen LogP contribution in [0.1, 0.15) is 59.3 Å². The average molecular weight is 225 g/mol. The lowest BCUT2D eigenvalue weighted by Gasteiger charge is -2.41. The van der Waals surface area contributed by atoms with Crippen LogP contribution in [0.2, 0.25) is 0 Å². The maximum absolute atomic E-state index is 5.99. The molecule has 2 nitrogen and oxygen atoms in total. The fourth-order valence-electron chi connectivity index (χ4n) is 3.05. The number of hydrogen-bond acceptors (Lipinski definition) is 2. The van der Waals surface area contributed by atoms with E-state index in [1.165, 1.54) is 45.1 Å². The van der Waals surface area contributed by atoms with Crippen LogP contribution in [0.25, 0.3) is 0 Å². The van der Waals surface area contributed by atoms with Crippen LogP contribution in [0.5, 0.6) is 0 Å². The van der Waals surface area contributed by atoms with E-state index in [9.17, 15) is 0 Å². The zero-order chi connectivity index (χ0) is 11.6. The molecule has 94 valence electrons. The van der Waals surface area contributed by atoms with Crippen molar-refractivity contribution in [2.75, 3.05) is 13.1 Å². The summed E-state index contributed by atoms with van der Waals surface area (Å²) < 4.78 is 5.99. The van der Waals surface area contributed by atoms with Crippen molar-refractivity contribution < 1.29 is 4.74 Å². The second kappa shape index (κ2) is 4.66. The van der Waals surface area contributed by atoms with Crippen LogP contribution in [0.15, 0.2) is 0 Å². The Morgan fingerprint density at radius 3 is 2.44 bits per heavy atom. The molecule has 1 heterocycles. The lowest BCUT2D eigenvalue weighted by Crippen LogP contribution is -2.42. The molecule has 1 N–H and O–H groups in total. The highest BCUT2D eigenvalue weighted by Crippen LogP contribution is 2.43. The Morgan fingerprint density at radius 2 is 2.00 bits per heavy atom. The van der Waals surface area contributed by atoms with Crippen LogP contribution in [-0.2, 0) is 4.74 Å². The molecular formula is C14H27NO. The van der Waals surface area contributed by atoms with E-state index in [0.29, 0.717) is 11.5 Å². The first-order valence-electron chi connectivity index (χ1n) is 6.94. The zero-order valence-corrected chi connectivity index (χ0v) is 11.1. The van der Waals surface area contributed by atoms with Crippen molar-refractivity contribution in [1.29, 1.82) is 0 Å². The minimum absolute atomic E-state index is 0.116. The third-order valence-corrected chi connectivity index (χ3v) is 4.59. The van der Waals surface area contributed by atoms with E-state index >= 15 is 0 Å². The lowest BCUT2D eigenvalue weighted by molar-refractivity contribution is -0.0161. The summed E-state index contributed by atoms with van der Waals surface area (Å²) in [5.74, 6) is 0. The van der Waals surface area contributed by atoms with Gasteiger partial charge in [-0.25, -0.2) is 0 Å². The van der Waals surface area contributed by atoms with E-state index < -0.39 is 0 Å². The Hall–Kier alpha value is -0.0800. The van der Waals surface area contributed by atoms with E-state index in [4.69, 9.17) is 4.74 Å². The molecule has 1 unspecified atom stereocenters. The highest BCUT2D eigenvalue weighted by atomic mass is 16.5. The smallest absolute Gasteiger partial charge is 0.0707 e. The van der Waals surface area contributed by atoms with Gasteiger partial charge in [-0.2, -0.15) is 0 Å². The molecule has 0 aromatic heterocycles. The first-order chi connectivity index (χ1) is 7.55. The molecule has 0 amide bonds. The molecule has 0 radical (unpaired) electrons. The van der Waals surface area contributed by atoms with Gasteiger partial charge in [0.15, 0.2) is 0 Å². The van der Waals surface area contributed by atoms with E-state index in [1.54, 1.807) is 0 Å². The van der Waals surface area contributed by atoms with Gasteiger partial charge < -0.3 is 10.1 Å². The van der Waals surface area contributed by atoms with E-state index in [2.05, 4.69) is 26.1 Å². The van der Waals surface area contributed by atoms with Crippen molar-refractivity contribution in [1.82, 2.24) is 5.32 Å². The molecule has 1 saturated carbocycles. The molecule has 0 bridgehead atoms. The molecule has 1 aliphatic heterocycles. The fourth-order valence-corrected chi connectivity index (χ4v) is 3.05. The van der Waals surface area contributed by atoms with Crippen molar-refractivity contribution in [2.24, 2.45) is 5.41 Å². The minimum atomic E-state index is 0.116. The Labute approximate surface area is 100 Å². The Balaban J connectivity index is 1.65. The number of ether oxygens (including phenoxy) is 1. The summed E-state index contributed by atoms with van der Waals surface area (Å²) in [6.07, 6.45) is 8.49. The van der Waals surface area contributed by atoms with Crippen LogP contribution >= 0.6 is 0 Å². The summed E-state index contributed by atoms with van der Waals surface area (Å²) in [4.78, 5) is 0. The quantitative estimate of drug-likeness (QED) is 0.776. The summed E-state index contributed by atoms with van der Waals surface area (Å²) in [6, 6.07) is 0. The van der Waals surface area contributed by atoms with Crippen LogP contribution < -0.4 is 5.32 Å². The van der Waals surface area contributed by atoms with Crippen LogP contribution in [0.3, 0.4) is 0 Å². The normalized spacial score (nSPS) is 31.3. The molecule has 16 heavy (non-hydrogen) atoms. The van der Waals surface area contributed by atoms with Gasteiger partial charge in [-0.1, -0.05) is 13.3 Å². The third-order valence-electron chi connectivity index (χ3n) is 4.59. The molecule has 1 atom stereocenters. The summed E-state index contributed by atoms with van der Waals surface area (Å²) in [5.41, 5.74) is 0.749. The van der Waals surface area contributed by atoms with Gasteiger partial charge in [0.2, 0.25) is 0 Å². The van der Waals surface area contributed by atoms with Gasteiger partial charge in [0, 0.05) is 13.1 Å². The maximum atomic E-state index is 5.99. The molecular weight excluding hydrogens is 198 g/mol. The van der Waals surface area contributed by atoms with Gasteiger partial charge in [-0.3, -0.25) is 0 Å². The van der Waals surface area contributed by atoms with E-state index in [-0.39, 0.29) is 5.60 Å². The second-order valence-corrected chi connectivity index (χ2v) is 6.38. The standard InChI is InChI=1S/C14H27NO/c1-4-14(7-5-8-14)11-15-10-12-6-9-13(2,3)16-12/h12,15H,4-11H2,1-3H3. The molecule has 1 saturated heterocycles. The molecule has 2 heteroatoms. The molecule has 2 fully saturated rings. The van der Waals surface area contributed by atoms with Crippen molar-refractivity contribution in [3.8, 4) is 0 Å². The van der Waals surface area contributed by atoms with Crippen molar-refractivity contribution >= 4 is 0 Å². The lowest BCUT2D eigenvalue weighted by atomic mass is 9.67. The number of nitrogens with one attached hydrogen (secondary N) is 1. The molecule has 0 aromatic carbocycles. The van der Waals surface area contributed by atoms with Gasteiger partial charge in [0.25, 0.3) is 0 Å². The van der Waals surface area contributed by atoms with Crippen molar-refractivity contribution in [2.45, 2.75) is 71.0 Å². The predicted octanol–water partition coefficient (Wildman–Crippen LogP) is 3.11. The summed E-state index contributed by atoms with van der Waals surface area (Å²) in [7, 11) is 0. The molecule has 1 aliphatic carbocycles. The van der Waals surface area contributed by atoms with E-state index in [1.807, 2.05) is 0 Å². The Kier molecular flexibility index (Phi) is 3.60. The second-order valence-electron chi connectivity index (χ2n) is 6.38. The summed E-state index contributed by atoms with van der Waals surface area (Å²) in [5, 5.41) is 3.63. The fraction of sp³-hybridized carbons (Fsp3) is 1.00. The molecule has 0 aromatic rings. The molecule has 2 rings (SSSR count). The van der Waals surface area contributed by atoms with Crippen LogP contribution in [-0.4, -0.2) is 24.8 Å². The highest BCUT2D eigenvalue weighted by Gasteiger charge is 2.35. The van der Waals surface area contributed by atoms with E-state index in [0.717, 1.165) is 6.54 Å². The van der Waals surface area contributed by atoms with Crippen molar-refractivity contribution in [3.63, 3.8) is 0 Å². The number of rotatable bonds is 5. The van der Waals surface area contributed by atoms with Crippen LogP contribution in [0.4, 0.5) is 0 Å². The minimum Gasteiger partial charge on any atom is -0.371 e. The molecule has 2 aliphatic rings. The summed E-state index contributed by atoms with van der Waals surface area (Å²) in [6.45, 7) is 8.98. The Morgan fingerprint density at radius 1 is 1.25 bits per heavy atom. The van der Waals surface area contributed by atoms with Gasteiger partial charge in [-0.05, 0) is 51.4 Å². The monoisotopic (exact) mass is 225 g/mol. The third kappa shape index (κ3) is 2.78. The van der Waals surface area contributed by atoms with Gasteiger partial charge in [0.05, 0.1) is 11.7 Å². The van der Waals surface area contributed by atoms with Gasteiger partial charge >= 0.3 is 0 Å².